The van der Waals surface area contributed by atoms with Crippen LogP contribution in [-0.4, -0.2) is 21.4 Å². The van der Waals surface area contributed by atoms with Crippen LogP contribution in [0.25, 0.3) is 6.08 Å². The van der Waals surface area contributed by atoms with Gasteiger partial charge in [0.2, 0.25) is 5.88 Å². The van der Waals surface area contributed by atoms with Crippen molar-refractivity contribution in [1.82, 2.24) is 9.88 Å². The molecule has 2 aromatic rings. The number of alkyl halides is 4. The van der Waals surface area contributed by atoms with Crippen molar-refractivity contribution in [3.8, 4) is 11.6 Å². The fourth-order valence-corrected chi connectivity index (χ4v) is 4.17. The topological polar surface area (TPSA) is 25.4 Å². The molecule has 1 aromatic carbocycles. The van der Waals surface area contributed by atoms with Crippen molar-refractivity contribution in [2.45, 2.75) is 43.4 Å². The second-order valence-electron chi connectivity index (χ2n) is 7.64. The molecular weight excluding hydrogens is 425 g/mol. The molecule has 0 saturated heterocycles. The molecule has 1 aliphatic heterocycles. The number of pyridine rings is 1. The normalized spacial score (nSPS) is 21.3. The Morgan fingerprint density at radius 2 is 1.90 bits per heavy atom. The number of aromatic nitrogens is 1. The molecule has 1 atom stereocenters. The molecule has 1 unspecified atom stereocenters. The number of allylic oxidation sites excluding steroid dienone is 3. The second kappa shape index (κ2) is 9.18. The summed E-state index contributed by atoms with van der Waals surface area (Å²) in [5, 5.41) is 0. The molecular formula is C24H22ClF3N2O. The Morgan fingerprint density at radius 1 is 1.10 bits per heavy atom. The van der Waals surface area contributed by atoms with Crippen molar-refractivity contribution in [2.75, 3.05) is 0 Å². The predicted molar refractivity (Wildman–Crippen MR) is 116 cm³/mol. The van der Waals surface area contributed by atoms with Gasteiger partial charge < -0.3 is 9.64 Å². The first kappa shape index (κ1) is 21.5. The van der Waals surface area contributed by atoms with E-state index in [9.17, 15) is 13.2 Å². The van der Waals surface area contributed by atoms with E-state index in [0.717, 1.165) is 43.5 Å². The van der Waals surface area contributed by atoms with E-state index in [2.05, 4.69) is 22.2 Å². The van der Waals surface area contributed by atoms with E-state index in [1.165, 1.54) is 11.6 Å². The Bertz CT molecular complexity index is 989. The molecule has 1 fully saturated rings. The Labute approximate surface area is 184 Å². The van der Waals surface area contributed by atoms with Gasteiger partial charge in [0.15, 0.2) is 0 Å². The lowest BCUT2D eigenvalue weighted by Crippen LogP contribution is -2.38. The van der Waals surface area contributed by atoms with Gasteiger partial charge in [-0.05, 0) is 61.6 Å². The Kier molecular flexibility index (Phi) is 6.37. The highest BCUT2D eigenvalue weighted by atomic mass is 35.5. The third-order valence-electron chi connectivity index (χ3n) is 5.46. The number of halogens is 4. The van der Waals surface area contributed by atoms with Gasteiger partial charge in [0.05, 0.1) is 5.56 Å². The fourth-order valence-electron chi connectivity index (χ4n) is 3.86. The summed E-state index contributed by atoms with van der Waals surface area (Å²) in [4.78, 5) is 5.97. The van der Waals surface area contributed by atoms with Crippen molar-refractivity contribution in [2.24, 2.45) is 0 Å². The van der Waals surface area contributed by atoms with Crippen LogP contribution in [0.15, 0.2) is 72.6 Å². The summed E-state index contributed by atoms with van der Waals surface area (Å²) in [6.07, 6.45) is 10.6. The quantitative estimate of drug-likeness (QED) is 0.367. The first-order valence-corrected chi connectivity index (χ1v) is 10.6. The summed E-state index contributed by atoms with van der Waals surface area (Å²) in [6, 6.07) is 10.1. The molecule has 162 valence electrons. The number of benzene rings is 1. The van der Waals surface area contributed by atoms with E-state index in [1.54, 1.807) is 6.07 Å². The zero-order valence-electron chi connectivity index (χ0n) is 16.7. The largest absolute Gasteiger partial charge is 0.439 e. The molecule has 0 bridgehead atoms. The van der Waals surface area contributed by atoms with Gasteiger partial charge in [-0.3, -0.25) is 0 Å². The highest BCUT2D eigenvalue weighted by Crippen LogP contribution is 2.33. The van der Waals surface area contributed by atoms with Crippen LogP contribution in [-0.2, 0) is 6.18 Å². The lowest BCUT2D eigenvalue weighted by atomic mass is 9.88. The monoisotopic (exact) mass is 446 g/mol. The lowest BCUT2D eigenvalue weighted by molar-refractivity contribution is -0.137. The molecule has 7 heteroatoms. The second-order valence-corrected chi connectivity index (χ2v) is 8.08. The predicted octanol–water partition coefficient (Wildman–Crippen LogP) is 7.17. The van der Waals surface area contributed by atoms with E-state index in [-0.39, 0.29) is 11.4 Å². The van der Waals surface area contributed by atoms with E-state index in [1.807, 2.05) is 36.4 Å². The van der Waals surface area contributed by atoms with Gasteiger partial charge in [-0.15, -0.1) is 0 Å². The minimum Gasteiger partial charge on any atom is -0.439 e. The van der Waals surface area contributed by atoms with Gasteiger partial charge in [-0.25, -0.2) is 4.98 Å². The van der Waals surface area contributed by atoms with Gasteiger partial charge in [0.1, 0.15) is 11.3 Å². The molecule has 0 radical (unpaired) electrons. The third-order valence-corrected chi connectivity index (χ3v) is 5.83. The van der Waals surface area contributed by atoms with Crippen molar-refractivity contribution in [1.29, 1.82) is 0 Å². The van der Waals surface area contributed by atoms with Gasteiger partial charge in [0, 0.05) is 24.5 Å². The van der Waals surface area contributed by atoms with Crippen LogP contribution in [0.3, 0.4) is 0 Å². The average Bonchev–Trinajstić information content (AvgIpc) is 2.75. The Hall–Kier alpha value is -2.73. The summed E-state index contributed by atoms with van der Waals surface area (Å²) < 4.78 is 43.6. The Balaban J connectivity index is 1.38. The zero-order valence-corrected chi connectivity index (χ0v) is 17.5. The average molecular weight is 447 g/mol. The molecule has 0 amide bonds. The van der Waals surface area contributed by atoms with E-state index >= 15 is 0 Å². The third kappa shape index (κ3) is 5.50. The van der Waals surface area contributed by atoms with Gasteiger partial charge >= 0.3 is 6.18 Å². The minimum atomic E-state index is -4.41. The number of rotatable bonds is 4. The zero-order chi connectivity index (χ0) is 21.8. The number of nitrogens with zero attached hydrogens (tertiary/aromatic N) is 2. The van der Waals surface area contributed by atoms with E-state index < -0.39 is 11.7 Å². The van der Waals surface area contributed by atoms with Crippen molar-refractivity contribution < 1.29 is 17.9 Å². The lowest BCUT2D eigenvalue weighted by Gasteiger charge is -2.37. The number of hydrogen-bond acceptors (Lipinski definition) is 3. The summed E-state index contributed by atoms with van der Waals surface area (Å²) in [7, 11) is 0. The highest BCUT2D eigenvalue weighted by molar-refractivity contribution is 6.21. The number of ether oxygens (including phenoxy) is 1. The molecule has 3 nitrogen and oxygen atoms in total. The van der Waals surface area contributed by atoms with E-state index in [4.69, 9.17) is 16.3 Å². The SMILES string of the molecule is FC(F)(F)c1ccc(Oc2cccc(C=C3CCC(N4C=CC=CC4Cl)CC3)c2)nc1. The van der Waals surface area contributed by atoms with Gasteiger partial charge in [-0.1, -0.05) is 41.5 Å². The van der Waals surface area contributed by atoms with Crippen LogP contribution >= 0.6 is 11.6 Å². The maximum atomic E-state index is 12.7. The molecule has 31 heavy (non-hydrogen) atoms. The van der Waals surface area contributed by atoms with Crippen molar-refractivity contribution in [3.05, 3.63) is 83.7 Å². The standard InChI is InChI=1S/C24H22ClF3N2O/c25-22-6-1-2-13-30(22)20-10-7-17(8-11-20)14-18-4-3-5-21(15-18)31-23-12-9-19(16-29-23)24(26,27)28/h1-6,9,12-16,20,22H,7-8,10-11H2. The van der Waals surface area contributed by atoms with Crippen LogP contribution in [0.4, 0.5) is 13.2 Å². The van der Waals surface area contributed by atoms with E-state index in [0.29, 0.717) is 11.8 Å². The summed E-state index contributed by atoms with van der Waals surface area (Å²) in [5.74, 6) is 0.656. The van der Waals surface area contributed by atoms with Crippen molar-refractivity contribution in [3.63, 3.8) is 0 Å². The first-order valence-electron chi connectivity index (χ1n) is 10.2. The molecule has 1 aliphatic carbocycles. The van der Waals surface area contributed by atoms with Gasteiger partial charge in [-0.2, -0.15) is 13.2 Å². The summed E-state index contributed by atoms with van der Waals surface area (Å²) in [5.41, 5.74) is 1.47. The molecule has 4 rings (SSSR count). The van der Waals surface area contributed by atoms with Crippen LogP contribution in [0, 0.1) is 0 Å². The maximum absolute atomic E-state index is 12.7. The molecule has 0 spiro atoms. The Morgan fingerprint density at radius 3 is 2.58 bits per heavy atom. The molecule has 2 aliphatic rings. The smallest absolute Gasteiger partial charge is 0.417 e. The molecule has 1 aromatic heterocycles. The van der Waals surface area contributed by atoms with Crippen LogP contribution in [0.5, 0.6) is 11.6 Å². The van der Waals surface area contributed by atoms with Crippen LogP contribution in [0.1, 0.15) is 36.8 Å². The highest BCUT2D eigenvalue weighted by Gasteiger charge is 2.30. The summed E-state index contributed by atoms with van der Waals surface area (Å²) >= 11 is 6.40. The fraction of sp³-hybridized carbons (Fsp3) is 0.292. The molecule has 1 saturated carbocycles. The minimum absolute atomic E-state index is 0.0897. The molecule has 0 N–H and O–H groups in total. The van der Waals surface area contributed by atoms with Gasteiger partial charge in [0.25, 0.3) is 0 Å². The maximum Gasteiger partial charge on any atom is 0.417 e. The molecule has 2 heterocycles. The summed E-state index contributed by atoms with van der Waals surface area (Å²) in [6.45, 7) is 0. The first-order chi connectivity index (χ1) is 14.9. The number of hydrogen-bond donors (Lipinski definition) is 0. The van der Waals surface area contributed by atoms with Crippen molar-refractivity contribution >= 4 is 17.7 Å². The van der Waals surface area contributed by atoms with Crippen LogP contribution < -0.4 is 4.74 Å². The van der Waals surface area contributed by atoms with Crippen LogP contribution in [0.2, 0.25) is 0 Å².